The van der Waals surface area contributed by atoms with Crippen LogP contribution in [-0.2, 0) is 0 Å². The van der Waals surface area contributed by atoms with Crippen LogP contribution in [0.15, 0.2) is 42.5 Å². The van der Waals surface area contributed by atoms with Crippen LogP contribution < -0.4 is 15.2 Å². The molecule has 0 saturated heterocycles. The number of methoxy groups -OCH3 is 1. The molecule has 0 saturated carbocycles. The number of hydrogen-bond donors (Lipinski definition) is 1. The van der Waals surface area contributed by atoms with Gasteiger partial charge in [0.2, 0.25) is 0 Å². The van der Waals surface area contributed by atoms with E-state index < -0.39 is 4.92 Å². The van der Waals surface area contributed by atoms with Crippen molar-refractivity contribution in [2.45, 2.75) is 0 Å². The zero-order valence-corrected chi connectivity index (χ0v) is 10.2. The topological polar surface area (TPSA) is 87.6 Å². The standard InChI is InChI=1S/C13H12N2O4/c1-18-12-6-10(15(16)17)7-13(8-12)19-11-4-2-9(14)3-5-11/h2-8H,14H2,1H3. The van der Waals surface area contributed by atoms with Gasteiger partial charge in [0.1, 0.15) is 17.2 Å². The van der Waals surface area contributed by atoms with Gasteiger partial charge >= 0.3 is 0 Å². The summed E-state index contributed by atoms with van der Waals surface area (Å²) in [6.45, 7) is 0. The van der Waals surface area contributed by atoms with Gasteiger partial charge in [-0.2, -0.15) is 0 Å². The van der Waals surface area contributed by atoms with Crippen molar-refractivity contribution in [2.24, 2.45) is 0 Å². The summed E-state index contributed by atoms with van der Waals surface area (Å²) < 4.78 is 10.5. The summed E-state index contributed by atoms with van der Waals surface area (Å²) in [7, 11) is 1.44. The molecule has 6 nitrogen and oxygen atoms in total. The van der Waals surface area contributed by atoms with Crippen molar-refractivity contribution in [1.29, 1.82) is 0 Å². The molecule has 0 fully saturated rings. The molecule has 0 aliphatic carbocycles. The smallest absolute Gasteiger partial charge is 0.276 e. The van der Waals surface area contributed by atoms with Gasteiger partial charge < -0.3 is 15.2 Å². The Bertz CT molecular complexity index is 596. The van der Waals surface area contributed by atoms with Crippen LogP contribution in [-0.4, -0.2) is 12.0 Å². The number of nitro groups is 1. The summed E-state index contributed by atoms with van der Waals surface area (Å²) in [4.78, 5) is 10.3. The second-order valence-electron chi connectivity index (χ2n) is 3.79. The average Bonchev–Trinajstić information content (AvgIpc) is 2.41. The van der Waals surface area contributed by atoms with Crippen LogP contribution in [0, 0.1) is 10.1 Å². The monoisotopic (exact) mass is 260 g/mol. The molecule has 0 aliphatic heterocycles. The minimum atomic E-state index is -0.502. The largest absolute Gasteiger partial charge is 0.496 e. The number of benzene rings is 2. The third kappa shape index (κ3) is 3.12. The number of ether oxygens (including phenoxy) is 2. The van der Waals surface area contributed by atoms with E-state index >= 15 is 0 Å². The number of rotatable bonds is 4. The summed E-state index contributed by atoms with van der Waals surface area (Å²) in [5.41, 5.74) is 6.09. The Labute approximate surface area is 109 Å². The first kappa shape index (κ1) is 12.7. The Morgan fingerprint density at radius 3 is 2.26 bits per heavy atom. The highest BCUT2D eigenvalue weighted by Gasteiger charge is 2.11. The molecule has 0 unspecified atom stereocenters. The van der Waals surface area contributed by atoms with Gasteiger partial charge in [-0.15, -0.1) is 0 Å². The van der Waals surface area contributed by atoms with Crippen LogP contribution in [0.3, 0.4) is 0 Å². The fraction of sp³-hybridized carbons (Fsp3) is 0.0769. The maximum Gasteiger partial charge on any atom is 0.276 e. The molecular weight excluding hydrogens is 248 g/mol. The molecule has 0 radical (unpaired) electrons. The molecule has 19 heavy (non-hydrogen) atoms. The first-order valence-electron chi connectivity index (χ1n) is 5.45. The van der Waals surface area contributed by atoms with E-state index in [9.17, 15) is 10.1 Å². The zero-order valence-electron chi connectivity index (χ0n) is 10.2. The normalized spacial score (nSPS) is 9.95. The van der Waals surface area contributed by atoms with Crippen LogP contribution >= 0.6 is 0 Å². The number of nitrogens with two attached hydrogens (primary N) is 1. The fourth-order valence-electron chi connectivity index (χ4n) is 1.51. The molecule has 0 bridgehead atoms. The van der Waals surface area contributed by atoms with E-state index in [0.717, 1.165) is 0 Å². The third-order valence-corrected chi connectivity index (χ3v) is 2.43. The second kappa shape index (κ2) is 5.26. The van der Waals surface area contributed by atoms with Gasteiger partial charge in [0.25, 0.3) is 5.69 Å². The van der Waals surface area contributed by atoms with Crippen molar-refractivity contribution in [3.63, 3.8) is 0 Å². The van der Waals surface area contributed by atoms with E-state index in [-0.39, 0.29) is 5.69 Å². The lowest BCUT2D eigenvalue weighted by atomic mass is 10.2. The van der Waals surface area contributed by atoms with E-state index in [1.807, 2.05) is 0 Å². The van der Waals surface area contributed by atoms with Crippen molar-refractivity contribution in [3.8, 4) is 17.2 Å². The summed E-state index contributed by atoms with van der Waals surface area (Å²) >= 11 is 0. The quantitative estimate of drug-likeness (QED) is 0.518. The van der Waals surface area contributed by atoms with Crippen LogP contribution in [0.25, 0.3) is 0 Å². The van der Waals surface area contributed by atoms with Crippen molar-refractivity contribution >= 4 is 11.4 Å². The second-order valence-corrected chi connectivity index (χ2v) is 3.79. The van der Waals surface area contributed by atoms with Gasteiger partial charge in [-0.25, -0.2) is 0 Å². The van der Waals surface area contributed by atoms with Crippen LogP contribution in [0.4, 0.5) is 11.4 Å². The molecule has 2 N–H and O–H groups in total. The van der Waals surface area contributed by atoms with Crippen molar-refractivity contribution in [2.75, 3.05) is 12.8 Å². The number of nitro benzene ring substituents is 1. The summed E-state index contributed by atoms with van der Waals surface area (Å²) in [6, 6.07) is 11.0. The summed E-state index contributed by atoms with van der Waals surface area (Å²) in [6.07, 6.45) is 0. The molecule has 0 aromatic heterocycles. The Kier molecular flexibility index (Phi) is 3.51. The van der Waals surface area contributed by atoms with Gasteiger partial charge in [0, 0.05) is 11.8 Å². The Balaban J connectivity index is 2.31. The Morgan fingerprint density at radius 2 is 1.68 bits per heavy atom. The van der Waals surface area contributed by atoms with E-state index in [1.54, 1.807) is 30.3 Å². The van der Waals surface area contributed by atoms with Crippen LogP contribution in [0.2, 0.25) is 0 Å². The van der Waals surface area contributed by atoms with Crippen molar-refractivity contribution < 1.29 is 14.4 Å². The lowest BCUT2D eigenvalue weighted by Crippen LogP contribution is -1.92. The van der Waals surface area contributed by atoms with E-state index in [1.165, 1.54) is 19.2 Å². The van der Waals surface area contributed by atoms with Crippen LogP contribution in [0.1, 0.15) is 0 Å². The molecule has 2 aromatic carbocycles. The highest BCUT2D eigenvalue weighted by atomic mass is 16.6. The first-order chi connectivity index (χ1) is 9.08. The van der Waals surface area contributed by atoms with Crippen LogP contribution in [0.5, 0.6) is 17.2 Å². The predicted octanol–water partition coefficient (Wildman–Crippen LogP) is 2.98. The summed E-state index contributed by atoms with van der Waals surface area (Å²) in [5, 5.41) is 10.8. The minimum absolute atomic E-state index is 0.0928. The third-order valence-electron chi connectivity index (χ3n) is 2.43. The molecule has 2 rings (SSSR count). The van der Waals surface area contributed by atoms with Gasteiger partial charge in [0.15, 0.2) is 0 Å². The number of hydrogen-bond acceptors (Lipinski definition) is 5. The number of anilines is 1. The molecule has 0 aliphatic rings. The Morgan fingerprint density at radius 1 is 1.05 bits per heavy atom. The molecule has 0 amide bonds. The van der Waals surface area contributed by atoms with E-state index in [4.69, 9.17) is 15.2 Å². The molecule has 6 heteroatoms. The number of nitrogen functional groups attached to an aromatic ring is 1. The molecular formula is C13H12N2O4. The maximum atomic E-state index is 10.8. The van der Waals surface area contributed by atoms with E-state index in [0.29, 0.717) is 22.9 Å². The van der Waals surface area contributed by atoms with E-state index in [2.05, 4.69) is 0 Å². The van der Waals surface area contributed by atoms with Gasteiger partial charge in [-0.3, -0.25) is 10.1 Å². The minimum Gasteiger partial charge on any atom is -0.496 e. The van der Waals surface area contributed by atoms with Crippen molar-refractivity contribution in [3.05, 3.63) is 52.6 Å². The van der Waals surface area contributed by atoms with Crippen molar-refractivity contribution in [1.82, 2.24) is 0 Å². The summed E-state index contributed by atoms with van der Waals surface area (Å²) in [5.74, 6) is 1.23. The number of nitrogens with zero attached hydrogens (tertiary/aromatic N) is 1. The zero-order chi connectivity index (χ0) is 13.8. The van der Waals surface area contributed by atoms with Gasteiger partial charge in [0.05, 0.1) is 24.2 Å². The Hall–Kier alpha value is -2.76. The van der Waals surface area contributed by atoms with Gasteiger partial charge in [-0.1, -0.05) is 0 Å². The first-order valence-corrected chi connectivity index (χ1v) is 5.45. The van der Waals surface area contributed by atoms with Gasteiger partial charge in [-0.05, 0) is 24.3 Å². The lowest BCUT2D eigenvalue weighted by molar-refractivity contribution is -0.385. The highest BCUT2D eigenvalue weighted by molar-refractivity contribution is 5.48. The molecule has 0 atom stereocenters. The molecule has 98 valence electrons. The average molecular weight is 260 g/mol. The SMILES string of the molecule is COc1cc(Oc2ccc(N)cc2)cc([N+](=O)[O-])c1. The lowest BCUT2D eigenvalue weighted by Gasteiger charge is -2.07. The highest BCUT2D eigenvalue weighted by Crippen LogP contribution is 2.30. The predicted molar refractivity (Wildman–Crippen MR) is 70.6 cm³/mol. The molecule has 0 heterocycles. The fourth-order valence-corrected chi connectivity index (χ4v) is 1.51. The maximum absolute atomic E-state index is 10.8. The number of non-ortho nitro benzene ring substituents is 1. The molecule has 0 spiro atoms. The molecule has 2 aromatic rings.